The molecule has 2 N–H and O–H groups in total. The summed E-state index contributed by atoms with van der Waals surface area (Å²) < 4.78 is 0. The van der Waals surface area contributed by atoms with E-state index in [0.29, 0.717) is 6.42 Å². The van der Waals surface area contributed by atoms with Crippen molar-refractivity contribution < 1.29 is 14.7 Å². The fourth-order valence-electron chi connectivity index (χ4n) is 2.15. The molecule has 1 saturated carbocycles. The molecule has 1 amide bonds. The van der Waals surface area contributed by atoms with Crippen LogP contribution < -0.4 is 5.32 Å². The maximum Gasteiger partial charge on any atom is 0.308 e. The number of fused-ring (bicyclic) bond motifs is 3. The van der Waals surface area contributed by atoms with Crippen LogP contribution in [-0.2, 0) is 9.59 Å². The van der Waals surface area contributed by atoms with Gasteiger partial charge >= 0.3 is 5.97 Å². The van der Waals surface area contributed by atoms with Gasteiger partial charge in [0.15, 0.2) is 0 Å². The normalized spacial score (nSPS) is 39.3. The van der Waals surface area contributed by atoms with Gasteiger partial charge in [0.1, 0.15) is 0 Å². The van der Waals surface area contributed by atoms with Gasteiger partial charge in [-0.05, 0) is 19.3 Å². The Morgan fingerprint density at radius 3 is 2.67 bits per heavy atom. The molecule has 0 aromatic rings. The number of nitrogens with one attached hydrogen (secondary N) is 1. The van der Waals surface area contributed by atoms with Gasteiger partial charge in [-0.3, -0.25) is 9.59 Å². The molecule has 2 aliphatic heterocycles. The first-order chi connectivity index (χ1) is 5.68. The molecule has 0 aromatic heterocycles. The van der Waals surface area contributed by atoms with E-state index in [2.05, 4.69) is 5.32 Å². The maximum atomic E-state index is 11.1. The van der Waals surface area contributed by atoms with Gasteiger partial charge in [0.05, 0.1) is 5.92 Å². The second-order valence-electron chi connectivity index (χ2n) is 3.57. The molecule has 12 heavy (non-hydrogen) atoms. The van der Waals surface area contributed by atoms with E-state index in [1.165, 1.54) is 0 Å². The Bertz CT molecular complexity index is 238. The lowest BCUT2D eigenvalue weighted by Gasteiger charge is -2.40. The molecule has 2 bridgehead atoms. The number of aliphatic carboxylic acids is 1. The largest absolute Gasteiger partial charge is 0.481 e. The number of piperidine rings is 2. The van der Waals surface area contributed by atoms with E-state index >= 15 is 0 Å². The van der Waals surface area contributed by atoms with Crippen molar-refractivity contribution in [2.45, 2.75) is 25.3 Å². The summed E-state index contributed by atoms with van der Waals surface area (Å²) in [7, 11) is 0. The van der Waals surface area contributed by atoms with E-state index in [9.17, 15) is 9.59 Å². The first kappa shape index (κ1) is 7.58. The molecule has 3 fully saturated rings. The summed E-state index contributed by atoms with van der Waals surface area (Å²) in [4.78, 5) is 21.8. The van der Waals surface area contributed by atoms with Gasteiger partial charge in [0, 0.05) is 12.0 Å². The highest BCUT2D eigenvalue weighted by molar-refractivity contribution is 5.84. The Labute approximate surface area is 69.9 Å². The summed E-state index contributed by atoms with van der Waals surface area (Å²) in [6.45, 7) is 0. The van der Waals surface area contributed by atoms with Gasteiger partial charge in [0.25, 0.3) is 0 Å². The first-order valence-corrected chi connectivity index (χ1v) is 4.21. The van der Waals surface area contributed by atoms with Crippen LogP contribution in [0.3, 0.4) is 0 Å². The molecule has 0 spiro atoms. The first-order valence-electron chi connectivity index (χ1n) is 4.21. The number of carbonyl (C=O) groups is 2. The van der Waals surface area contributed by atoms with Crippen LogP contribution in [0.5, 0.6) is 0 Å². The summed E-state index contributed by atoms with van der Waals surface area (Å²) in [5, 5.41) is 11.5. The van der Waals surface area contributed by atoms with Crippen molar-refractivity contribution in [1.29, 1.82) is 0 Å². The predicted molar refractivity (Wildman–Crippen MR) is 40.4 cm³/mol. The molecule has 4 heteroatoms. The maximum absolute atomic E-state index is 11.1. The zero-order valence-corrected chi connectivity index (χ0v) is 6.62. The van der Waals surface area contributed by atoms with E-state index in [4.69, 9.17) is 5.11 Å². The summed E-state index contributed by atoms with van der Waals surface area (Å²) in [5.74, 6) is -1.12. The number of rotatable bonds is 1. The molecule has 4 nitrogen and oxygen atoms in total. The van der Waals surface area contributed by atoms with E-state index in [-0.39, 0.29) is 23.8 Å². The Kier molecular flexibility index (Phi) is 1.56. The van der Waals surface area contributed by atoms with Crippen LogP contribution in [0.4, 0.5) is 0 Å². The van der Waals surface area contributed by atoms with Gasteiger partial charge in [-0.2, -0.15) is 0 Å². The minimum absolute atomic E-state index is 0.0451. The highest BCUT2D eigenvalue weighted by atomic mass is 16.4. The van der Waals surface area contributed by atoms with Crippen LogP contribution in [0.15, 0.2) is 0 Å². The summed E-state index contributed by atoms with van der Waals surface area (Å²) in [6, 6.07) is -0.111. The predicted octanol–water partition coefficient (Wildman–Crippen LogP) is -0.0143. The standard InChI is InChI=1S/C8H11NO3/c10-7-4-1-2-6(9-7)5(3-4)8(11)12/h4-6H,1-3H2,(H,9,10)(H,11,12). The van der Waals surface area contributed by atoms with Crippen LogP contribution >= 0.6 is 0 Å². The Balaban J connectivity index is 2.15. The van der Waals surface area contributed by atoms with Crippen molar-refractivity contribution in [2.75, 3.05) is 0 Å². The van der Waals surface area contributed by atoms with E-state index in [1.807, 2.05) is 0 Å². The smallest absolute Gasteiger partial charge is 0.308 e. The SMILES string of the molecule is O=C1NC2CCC1CC2C(=O)O. The third-order valence-electron chi connectivity index (χ3n) is 2.87. The monoisotopic (exact) mass is 169 g/mol. The summed E-state index contributed by atoms with van der Waals surface area (Å²) >= 11 is 0. The Morgan fingerprint density at radius 1 is 1.50 bits per heavy atom. The highest BCUT2D eigenvalue weighted by Crippen LogP contribution is 2.34. The zero-order chi connectivity index (χ0) is 8.72. The van der Waals surface area contributed by atoms with Crippen molar-refractivity contribution in [2.24, 2.45) is 11.8 Å². The lowest BCUT2D eigenvalue weighted by atomic mass is 9.74. The molecule has 2 heterocycles. The zero-order valence-electron chi connectivity index (χ0n) is 6.62. The third-order valence-corrected chi connectivity index (χ3v) is 2.87. The van der Waals surface area contributed by atoms with Crippen LogP contribution in [0.2, 0.25) is 0 Å². The lowest BCUT2D eigenvalue weighted by Crippen LogP contribution is -2.55. The second kappa shape index (κ2) is 2.47. The number of hydrogen-bond donors (Lipinski definition) is 2. The molecule has 0 radical (unpaired) electrons. The van der Waals surface area contributed by atoms with Crippen molar-refractivity contribution in [3.05, 3.63) is 0 Å². The summed E-state index contributed by atoms with van der Waals surface area (Å²) in [6.07, 6.45) is 2.22. The fourth-order valence-corrected chi connectivity index (χ4v) is 2.15. The highest BCUT2D eigenvalue weighted by Gasteiger charge is 2.43. The van der Waals surface area contributed by atoms with Crippen molar-refractivity contribution in [3.63, 3.8) is 0 Å². The molecule has 3 aliphatic rings. The van der Waals surface area contributed by atoms with E-state index in [1.54, 1.807) is 0 Å². The Morgan fingerprint density at radius 2 is 2.25 bits per heavy atom. The van der Waals surface area contributed by atoms with E-state index < -0.39 is 5.97 Å². The van der Waals surface area contributed by atoms with Gasteiger partial charge in [-0.15, -0.1) is 0 Å². The number of amides is 1. The van der Waals surface area contributed by atoms with Gasteiger partial charge in [-0.25, -0.2) is 0 Å². The van der Waals surface area contributed by atoms with Gasteiger partial charge in [-0.1, -0.05) is 0 Å². The molecule has 3 unspecified atom stereocenters. The molecule has 66 valence electrons. The molecule has 2 saturated heterocycles. The topological polar surface area (TPSA) is 66.4 Å². The number of carbonyl (C=O) groups excluding carboxylic acids is 1. The van der Waals surface area contributed by atoms with Crippen molar-refractivity contribution in [1.82, 2.24) is 5.32 Å². The molecule has 0 aromatic carbocycles. The van der Waals surface area contributed by atoms with Crippen LogP contribution in [-0.4, -0.2) is 23.0 Å². The molecule has 1 aliphatic carbocycles. The quantitative estimate of drug-likeness (QED) is 0.580. The second-order valence-corrected chi connectivity index (χ2v) is 3.57. The van der Waals surface area contributed by atoms with Crippen molar-refractivity contribution >= 4 is 11.9 Å². The number of hydrogen-bond acceptors (Lipinski definition) is 2. The molecular weight excluding hydrogens is 158 g/mol. The molecule has 3 atom stereocenters. The van der Waals surface area contributed by atoms with Crippen LogP contribution in [0, 0.1) is 11.8 Å². The minimum atomic E-state index is -0.773. The third kappa shape index (κ3) is 0.983. The van der Waals surface area contributed by atoms with Gasteiger partial charge < -0.3 is 10.4 Å². The average Bonchev–Trinajstić information content (AvgIpc) is 2.04. The number of carboxylic acid groups (broad SMARTS) is 1. The van der Waals surface area contributed by atoms with Crippen LogP contribution in [0.1, 0.15) is 19.3 Å². The van der Waals surface area contributed by atoms with Crippen molar-refractivity contribution in [3.8, 4) is 0 Å². The molecule has 3 rings (SSSR count). The fraction of sp³-hybridized carbons (Fsp3) is 0.750. The average molecular weight is 169 g/mol. The number of carboxylic acids is 1. The Hall–Kier alpha value is -1.06. The summed E-state index contributed by atoms with van der Waals surface area (Å²) in [5.41, 5.74) is 0. The molecular formula is C8H11NO3. The van der Waals surface area contributed by atoms with E-state index in [0.717, 1.165) is 12.8 Å². The lowest BCUT2D eigenvalue weighted by molar-refractivity contribution is -0.149. The van der Waals surface area contributed by atoms with Gasteiger partial charge in [0.2, 0.25) is 5.91 Å². The minimum Gasteiger partial charge on any atom is -0.481 e. The van der Waals surface area contributed by atoms with Crippen LogP contribution in [0.25, 0.3) is 0 Å².